The van der Waals surface area contributed by atoms with Gasteiger partial charge in [0.25, 0.3) is 0 Å². The summed E-state index contributed by atoms with van der Waals surface area (Å²) in [5, 5.41) is 14.7. The average Bonchev–Trinajstić information content (AvgIpc) is 3.01. The number of nitrogens with zero attached hydrogens (tertiary/aromatic N) is 4. The van der Waals surface area contributed by atoms with E-state index in [4.69, 9.17) is 4.74 Å². The zero-order chi connectivity index (χ0) is 17.8. The van der Waals surface area contributed by atoms with Gasteiger partial charge in [0.05, 0.1) is 6.10 Å². The minimum absolute atomic E-state index is 0. The molecule has 0 saturated carbocycles. The first-order chi connectivity index (χ1) is 11.6. The summed E-state index contributed by atoms with van der Waals surface area (Å²) in [5.74, 6) is 2.37. The summed E-state index contributed by atoms with van der Waals surface area (Å²) < 4.78 is 7.84. The Morgan fingerprint density at radius 1 is 1.28 bits per heavy atom. The Morgan fingerprint density at radius 2 is 2.04 bits per heavy atom. The number of rotatable bonds is 11. The van der Waals surface area contributed by atoms with Gasteiger partial charge in [-0.2, -0.15) is 0 Å². The molecule has 1 unspecified atom stereocenters. The average molecular weight is 466 g/mol. The Labute approximate surface area is 169 Å². The maximum absolute atomic E-state index is 5.77. The maximum Gasteiger partial charge on any atom is 0.191 e. The Morgan fingerprint density at radius 3 is 2.64 bits per heavy atom. The summed E-state index contributed by atoms with van der Waals surface area (Å²) in [6.45, 7) is 14.6. The predicted octanol–water partition coefficient (Wildman–Crippen LogP) is 2.46. The maximum atomic E-state index is 5.77. The molecule has 2 N–H and O–H groups in total. The van der Waals surface area contributed by atoms with Gasteiger partial charge < -0.3 is 19.9 Å². The van der Waals surface area contributed by atoms with E-state index in [1.807, 2.05) is 6.92 Å². The van der Waals surface area contributed by atoms with E-state index in [0.29, 0.717) is 5.92 Å². The number of aryl methyl sites for hydroxylation is 1. The van der Waals surface area contributed by atoms with Crippen molar-refractivity contribution in [3.8, 4) is 0 Å². The second-order valence-corrected chi connectivity index (χ2v) is 6.01. The van der Waals surface area contributed by atoms with Crippen LogP contribution in [0.3, 0.4) is 0 Å². The Bertz CT molecular complexity index is 477. The molecule has 0 spiro atoms. The van der Waals surface area contributed by atoms with Crippen molar-refractivity contribution in [1.82, 2.24) is 25.4 Å². The van der Waals surface area contributed by atoms with Crippen LogP contribution in [0.1, 0.15) is 46.9 Å². The van der Waals surface area contributed by atoms with Crippen molar-refractivity contribution in [2.45, 2.75) is 60.1 Å². The first-order valence-electron chi connectivity index (χ1n) is 9.12. The molecule has 1 heterocycles. The molecule has 8 heteroatoms. The van der Waals surface area contributed by atoms with Crippen molar-refractivity contribution in [2.75, 3.05) is 26.2 Å². The number of guanidine groups is 1. The molecule has 1 atom stereocenters. The van der Waals surface area contributed by atoms with Gasteiger partial charge in [0, 0.05) is 39.2 Å². The number of aromatic nitrogens is 3. The predicted molar refractivity (Wildman–Crippen MR) is 114 cm³/mol. The first kappa shape index (κ1) is 24.1. The van der Waals surface area contributed by atoms with Crippen LogP contribution in [-0.2, 0) is 17.7 Å². The van der Waals surface area contributed by atoms with Gasteiger partial charge in [0.2, 0.25) is 0 Å². The third-order valence-corrected chi connectivity index (χ3v) is 3.81. The van der Waals surface area contributed by atoms with Gasteiger partial charge in [-0.05, 0) is 26.2 Å². The Kier molecular flexibility index (Phi) is 13.8. The van der Waals surface area contributed by atoms with Crippen LogP contribution in [0.15, 0.2) is 11.3 Å². The molecule has 1 aromatic heterocycles. The molecule has 0 aliphatic heterocycles. The Hall–Kier alpha value is -0.900. The van der Waals surface area contributed by atoms with Gasteiger partial charge >= 0.3 is 0 Å². The number of hydrogen-bond acceptors (Lipinski definition) is 4. The van der Waals surface area contributed by atoms with Crippen LogP contribution in [0.5, 0.6) is 0 Å². The second-order valence-electron chi connectivity index (χ2n) is 6.01. The monoisotopic (exact) mass is 466 g/mol. The van der Waals surface area contributed by atoms with Gasteiger partial charge in [-0.25, -0.2) is 0 Å². The highest BCUT2D eigenvalue weighted by atomic mass is 127. The molecule has 1 rings (SSSR count). The lowest BCUT2D eigenvalue weighted by atomic mass is 10.0. The molecule has 0 bridgehead atoms. The number of ether oxygens (including phenoxy) is 1. The van der Waals surface area contributed by atoms with E-state index in [2.05, 4.69) is 58.1 Å². The molecule has 146 valence electrons. The van der Waals surface area contributed by atoms with Crippen molar-refractivity contribution < 1.29 is 4.74 Å². The van der Waals surface area contributed by atoms with Gasteiger partial charge in [-0.3, -0.25) is 4.99 Å². The fraction of sp³-hybridized carbons (Fsp3) is 0.824. The van der Waals surface area contributed by atoms with Gasteiger partial charge in [-0.15, -0.1) is 34.2 Å². The molecule has 0 saturated heterocycles. The summed E-state index contributed by atoms with van der Waals surface area (Å²) >= 11 is 0. The largest absolute Gasteiger partial charge is 0.378 e. The van der Waals surface area contributed by atoms with Crippen LogP contribution in [0.2, 0.25) is 0 Å². The highest BCUT2D eigenvalue weighted by Gasteiger charge is 2.12. The summed E-state index contributed by atoms with van der Waals surface area (Å²) in [6.07, 6.45) is 3.88. The lowest BCUT2D eigenvalue weighted by Crippen LogP contribution is -2.39. The molecule has 0 fully saturated rings. The third kappa shape index (κ3) is 9.39. The quantitative estimate of drug-likeness (QED) is 0.298. The number of nitrogens with one attached hydrogen (secondary N) is 2. The lowest BCUT2D eigenvalue weighted by Gasteiger charge is -2.20. The minimum Gasteiger partial charge on any atom is -0.378 e. The van der Waals surface area contributed by atoms with Gasteiger partial charge in [-0.1, -0.05) is 20.8 Å². The van der Waals surface area contributed by atoms with Crippen LogP contribution in [0, 0.1) is 5.92 Å². The fourth-order valence-corrected chi connectivity index (χ4v) is 2.50. The van der Waals surface area contributed by atoms with Crippen LogP contribution >= 0.6 is 24.0 Å². The van der Waals surface area contributed by atoms with Gasteiger partial charge in [0.1, 0.15) is 12.2 Å². The van der Waals surface area contributed by atoms with E-state index in [9.17, 15) is 0 Å². The second kappa shape index (κ2) is 14.3. The summed E-state index contributed by atoms with van der Waals surface area (Å²) in [6, 6.07) is 0. The number of halogens is 1. The molecule has 0 aromatic carbocycles. The molecular formula is C17H35IN6O. The third-order valence-electron chi connectivity index (χ3n) is 3.81. The molecule has 0 aliphatic rings. The van der Waals surface area contributed by atoms with Crippen molar-refractivity contribution in [3.63, 3.8) is 0 Å². The van der Waals surface area contributed by atoms with E-state index in [1.165, 1.54) is 0 Å². The zero-order valence-corrected chi connectivity index (χ0v) is 18.6. The molecule has 7 nitrogen and oxygen atoms in total. The van der Waals surface area contributed by atoms with E-state index >= 15 is 0 Å². The number of hydrogen-bond donors (Lipinski definition) is 2. The number of aliphatic imine (C=N–C) groups is 1. The Balaban J connectivity index is 0.00000576. The van der Waals surface area contributed by atoms with Crippen LogP contribution in [0.25, 0.3) is 0 Å². The lowest BCUT2D eigenvalue weighted by molar-refractivity contribution is 0.0266. The minimum atomic E-state index is 0. The fourth-order valence-electron chi connectivity index (χ4n) is 2.50. The van der Waals surface area contributed by atoms with E-state index < -0.39 is 0 Å². The topological polar surface area (TPSA) is 76.4 Å². The smallest absolute Gasteiger partial charge is 0.191 e. The van der Waals surface area contributed by atoms with E-state index in [1.54, 1.807) is 6.33 Å². The first-order valence-corrected chi connectivity index (χ1v) is 9.12. The highest BCUT2D eigenvalue weighted by molar-refractivity contribution is 14.0. The van der Waals surface area contributed by atoms with Crippen LogP contribution in [0.4, 0.5) is 0 Å². The van der Waals surface area contributed by atoms with E-state index in [-0.39, 0.29) is 30.1 Å². The zero-order valence-electron chi connectivity index (χ0n) is 16.3. The van der Waals surface area contributed by atoms with Crippen LogP contribution in [-0.4, -0.2) is 53.1 Å². The molecular weight excluding hydrogens is 431 g/mol. The van der Waals surface area contributed by atoms with Crippen molar-refractivity contribution >= 4 is 29.9 Å². The van der Waals surface area contributed by atoms with Crippen molar-refractivity contribution in [3.05, 3.63) is 12.2 Å². The SMILES string of the molecule is CCNC(=NCCC(OCC)C(C)C)NCCn1cnnc1CC.I. The molecule has 0 radical (unpaired) electrons. The molecule has 0 amide bonds. The normalized spacial score (nSPS) is 12.8. The summed E-state index contributed by atoms with van der Waals surface area (Å²) in [7, 11) is 0. The molecule has 0 aliphatic carbocycles. The van der Waals surface area contributed by atoms with Gasteiger partial charge in [0.15, 0.2) is 5.96 Å². The summed E-state index contributed by atoms with van der Waals surface area (Å²) in [4.78, 5) is 4.65. The van der Waals surface area contributed by atoms with Crippen molar-refractivity contribution in [1.29, 1.82) is 0 Å². The molecule has 1 aromatic rings. The highest BCUT2D eigenvalue weighted by Crippen LogP contribution is 2.10. The molecule has 25 heavy (non-hydrogen) atoms. The summed E-state index contributed by atoms with van der Waals surface area (Å²) in [5.41, 5.74) is 0. The van der Waals surface area contributed by atoms with Crippen LogP contribution < -0.4 is 10.6 Å². The van der Waals surface area contributed by atoms with E-state index in [0.717, 1.165) is 57.4 Å². The van der Waals surface area contributed by atoms with Crippen molar-refractivity contribution in [2.24, 2.45) is 10.9 Å². The standard InChI is InChI=1S/C17H34N6O.HI/c1-6-16-22-21-13-23(16)12-11-20-17(18-7-2)19-10-9-15(14(4)5)24-8-3;/h13-15H,6-12H2,1-5H3,(H2,18,19,20);1H.